The first-order chi connectivity index (χ1) is 11.3. The van der Waals surface area contributed by atoms with Crippen molar-refractivity contribution < 1.29 is 4.79 Å². The van der Waals surface area contributed by atoms with Crippen molar-refractivity contribution in [3.63, 3.8) is 0 Å². The molecule has 24 heavy (non-hydrogen) atoms. The molecule has 1 heterocycles. The smallest absolute Gasteiger partial charge is 0.225 e. The normalized spacial score (nSPS) is 11.8. The number of amides is 1. The lowest BCUT2D eigenvalue weighted by atomic mass is 10.2. The van der Waals surface area contributed by atoms with E-state index in [0.717, 1.165) is 0 Å². The zero-order chi connectivity index (χ0) is 17.9. The zero-order valence-corrected chi connectivity index (χ0v) is 15.5. The van der Waals surface area contributed by atoms with Crippen LogP contribution in [-0.2, 0) is 4.79 Å². The lowest BCUT2D eigenvalue weighted by Crippen LogP contribution is -2.16. The van der Waals surface area contributed by atoms with Crippen molar-refractivity contribution in [1.29, 1.82) is 5.26 Å². The van der Waals surface area contributed by atoms with Gasteiger partial charge in [0.1, 0.15) is 11.6 Å². The highest BCUT2D eigenvalue weighted by Crippen LogP contribution is 2.36. The first-order valence-corrected chi connectivity index (χ1v) is 8.48. The molecule has 1 aromatic heterocycles. The molecule has 1 atom stereocenters. The third kappa shape index (κ3) is 4.14. The summed E-state index contributed by atoms with van der Waals surface area (Å²) in [6.45, 7) is 1.80. The summed E-state index contributed by atoms with van der Waals surface area (Å²) < 4.78 is 1.34. The van der Waals surface area contributed by atoms with E-state index in [1.165, 1.54) is 10.9 Å². The van der Waals surface area contributed by atoms with Crippen LogP contribution in [0, 0.1) is 11.3 Å². The summed E-state index contributed by atoms with van der Waals surface area (Å²) in [7, 11) is 0. The molecular weight excluding hydrogens is 394 g/mol. The Morgan fingerprint density at radius 1 is 1.38 bits per heavy atom. The molecule has 0 aliphatic heterocycles. The fraction of sp³-hybridized carbons (Fsp3) is 0.267. The van der Waals surface area contributed by atoms with Crippen LogP contribution in [0.25, 0.3) is 5.69 Å². The van der Waals surface area contributed by atoms with Gasteiger partial charge >= 0.3 is 0 Å². The van der Waals surface area contributed by atoms with E-state index in [0.29, 0.717) is 17.1 Å². The van der Waals surface area contributed by atoms with E-state index < -0.39 is 0 Å². The number of nitrogens with zero attached hydrogens (tertiary/aromatic N) is 3. The summed E-state index contributed by atoms with van der Waals surface area (Å²) in [5.41, 5.74) is 0.595. The molecule has 0 spiro atoms. The molecule has 0 radical (unpaired) electrons. The molecule has 0 fully saturated rings. The highest BCUT2D eigenvalue weighted by Gasteiger charge is 2.19. The Morgan fingerprint density at radius 3 is 2.71 bits per heavy atom. The number of nitrogens with one attached hydrogen (secondary N) is 1. The van der Waals surface area contributed by atoms with Crippen molar-refractivity contribution in [3.05, 3.63) is 39.0 Å². The summed E-state index contributed by atoms with van der Waals surface area (Å²) in [5, 5.41) is 16.5. The average molecular weight is 406 g/mol. The Balaban J connectivity index is 2.40. The van der Waals surface area contributed by atoms with Gasteiger partial charge in [0.25, 0.3) is 0 Å². The molecule has 1 unspecified atom stereocenters. The number of aromatic nitrogens is 2. The van der Waals surface area contributed by atoms with Gasteiger partial charge in [0.2, 0.25) is 5.91 Å². The number of rotatable bonds is 5. The molecule has 0 aliphatic rings. The summed E-state index contributed by atoms with van der Waals surface area (Å²) >= 11 is 24.0. The van der Waals surface area contributed by atoms with Gasteiger partial charge in [-0.15, -0.1) is 11.6 Å². The van der Waals surface area contributed by atoms with E-state index in [4.69, 9.17) is 46.4 Å². The molecule has 126 valence electrons. The lowest BCUT2D eigenvalue weighted by Gasteiger charge is -2.12. The summed E-state index contributed by atoms with van der Waals surface area (Å²) in [6.07, 6.45) is 2.06. The van der Waals surface area contributed by atoms with Crippen molar-refractivity contribution in [2.75, 3.05) is 5.32 Å². The molecule has 9 heteroatoms. The van der Waals surface area contributed by atoms with Gasteiger partial charge in [0.15, 0.2) is 5.82 Å². The minimum absolute atomic E-state index is 0.124. The lowest BCUT2D eigenvalue weighted by molar-refractivity contribution is -0.116. The highest BCUT2D eigenvalue weighted by atomic mass is 35.5. The quantitative estimate of drug-likeness (QED) is 0.558. The molecule has 5 nitrogen and oxygen atoms in total. The second-order valence-corrected chi connectivity index (χ2v) is 6.90. The second kappa shape index (κ2) is 8.09. The SMILES string of the molecule is CC(Cl)CCC(=O)Nc1c(C#N)cnn1-c1ccc(Cl)c(Cl)c1Cl. The number of carbonyl (C=O) groups is 1. The van der Waals surface area contributed by atoms with E-state index in [-0.39, 0.29) is 39.1 Å². The number of halogens is 4. The topological polar surface area (TPSA) is 70.7 Å². The molecule has 1 N–H and O–H groups in total. The van der Waals surface area contributed by atoms with Crippen molar-refractivity contribution in [1.82, 2.24) is 9.78 Å². The summed E-state index contributed by atoms with van der Waals surface area (Å²) in [5.74, 6) is -0.0676. The number of hydrogen-bond donors (Lipinski definition) is 1. The maximum absolute atomic E-state index is 12.1. The van der Waals surface area contributed by atoms with Crippen molar-refractivity contribution in [3.8, 4) is 11.8 Å². The van der Waals surface area contributed by atoms with Crippen LogP contribution in [0.1, 0.15) is 25.3 Å². The largest absolute Gasteiger partial charge is 0.309 e. The van der Waals surface area contributed by atoms with Crippen LogP contribution in [0.4, 0.5) is 5.82 Å². The summed E-state index contributed by atoms with van der Waals surface area (Å²) in [6, 6.07) is 5.13. The Hall–Kier alpha value is -1.45. The predicted octanol–water partition coefficient (Wildman–Crippen LogP) is 5.05. The number of carbonyl (C=O) groups excluding carboxylic acids is 1. The number of hydrogen-bond acceptors (Lipinski definition) is 3. The van der Waals surface area contributed by atoms with Gasteiger partial charge in [-0.2, -0.15) is 10.4 Å². The fourth-order valence-electron chi connectivity index (χ4n) is 1.94. The van der Waals surface area contributed by atoms with E-state index in [9.17, 15) is 10.1 Å². The Kier molecular flexibility index (Phi) is 6.36. The third-order valence-corrected chi connectivity index (χ3v) is 4.66. The van der Waals surface area contributed by atoms with Gasteiger partial charge in [0.05, 0.1) is 27.0 Å². The van der Waals surface area contributed by atoms with Gasteiger partial charge in [-0.25, -0.2) is 4.68 Å². The average Bonchev–Trinajstić information content (AvgIpc) is 2.93. The maximum Gasteiger partial charge on any atom is 0.225 e. The van der Waals surface area contributed by atoms with Crippen LogP contribution < -0.4 is 5.32 Å². The van der Waals surface area contributed by atoms with Crippen molar-refractivity contribution in [2.45, 2.75) is 25.1 Å². The van der Waals surface area contributed by atoms with E-state index >= 15 is 0 Å². The zero-order valence-electron chi connectivity index (χ0n) is 12.5. The number of nitriles is 1. The van der Waals surface area contributed by atoms with Gasteiger partial charge in [-0.3, -0.25) is 4.79 Å². The highest BCUT2D eigenvalue weighted by molar-refractivity contribution is 6.48. The van der Waals surface area contributed by atoms with Crippen LogP contribution in [-0.4, -0.2) is 21.1 Å². The Labute approximate surface area is 159 Å². The van der Waals surface area contributed by atoms with Crippen LogP contribution in [0.3, 0.4) is 0 Å². The van der Waals surface area contributed by atoms with Gasteiger partial charge in [0, 0.05) is 11.8 Å². The molecule has 1 amide bonds. The molecule has 0 aliphatic carbocycles. The van der Waals surface area contributed by atoms with E-state index in [2.05, 4.69) is 10.4 Å². The van der Waals surface area contributed by atoms with Gasteiger partial charge in [-0.1, -0.05) is 34.8 Å². The minimum atomic E-state index is -0.281. The van der Waals surface area contributed by atoms with E-state index in [1.54, 1.807) is 19.1 Å². The Bertz CT molecular complexity index is 811. The molecule has 0 bridgehead atoms. The molecule has 1 aromatic carbocycles. The van der Waals surface area contributed by atoms with Crippen LogP contribution in [0.2, 0.25) is 15.1 Å². The van der Waals surface area contributed by atoms with Crippen molar-refractivity contribution >= 4 is 58.1 Å². The number of alkyl halides is 1. The maximum atomic E-state index is 12.1. The van der Waals surface area contributed by atoms with Crippen LogP contribution in [0.5, 0.6) is 0 Å². The first-order valence-electron chi connectivity index (χ1n) is 6.91. The monoisotopic (exact) mass is 404 g/mol. The third-order valence-electron chi connectivity index (χ3n) is 3.16. The standard InChI is InChI=1S/C15H12Cl4N4O/c1-8(16)2-5-12(24)22-15-9(6-20)7-21-23(15)11-4-3-10(17)13(18)14(11)19/h3-4,7-8H,2,5H2,1H3,(H,22,24). The van der Waals surface area contributed by atoms with Crippen molar-refractivity contribution in [2.24, 2.45) is 0 Å². The molecule has 0 saturated heterocycles. The Morgan fingerprint density at radius 2 is 2.08 bits per heavy atom. The molecule has 2 rings (SSSR count). The molecule has 0 saturated carbocycles. The number of anilines is 1. The van der Waals surface area contributed by atoms with Crippen LogP contribution in [0.15, 0.2) is 18.3 Å². The first kappa shape index (κ1) is 18.9. The van der Waals surface area contributed by atoms with E-state index in [1.807, 2.05) is 6.07 Å². The second-order valence-electron chi connectivity index (χ2n) is 4.99. The predicted molar refractivity (Wildman–Crippen MR) is 96.5 cm³/mol. The van der Waals surface area contributed by atoms with Gasteiger partial charge < -0.3 is 5.32 Å². The molecular formula is C15H12Cl4N4O. The fourth-order valence-corrected chi connectivity index (χ4v) is 2.66. The molecule has 2 aromatic rings. The van der Waals surface area contributed by atoms with Gasteiger partial charge in [-0.05, 0) is 25.5 Å². The number of benzene rings is 1. The minimum Gasteiger partial charge on any atom is -0.309 e. The van der Waals surface area contributed by atoms with Crippen LogP contribution >= 0.6 is 46.4 Å². The summed E-state index contributed by atoms with van der Waals surface area (Å²) in [4.78, 5) is 12.1.